The molecule has 8 heteroatoms. The minimum absolute atomic E-state index is 0.0831. The van der Waals surface area contributed by atoms with Crippen LogP contribution in [0.15, 0.2) is 24.3 Å². The van der Waals surface area contributed by atoms with Crippen molar-refractivity contribution < 1.29 is 38.6 Å². The average Bonchev–Trinajstić information content (AvgIpc) is 3.00. The van der Waals surface area contributed by atoms with E-state index in [2.05, 4.69) is 27.7 Å². The van der Waals surface area contributed by atoms with E-state index in [0.29, 0.717) is 56.8 Å². The molecule has 0 aromatic heterocycles. The van der Waals surface area contributed by atoms with Crippen molar-refractivity contribution in [3.8, 4) is 45.6 Å². The van der Waals surface area contributed by atoms with Crippen molar-refractivity contribution in [2.45, 2.75) is 52.7 Å². The van der Waals surface area contributed by atoms with E-state index in [4.69, 9.17) is 28.4 Å². The summed E-state index contributed by atoms with van der Waals surface area (Å²) in [5.41, 5.74) is 4.36. The predicted molar refractivity (Wildman–Crippen MR) is 166 cm³/mol. The first kappa shape index (κ1) is 31.1. The fraction of sp³-hybridized carbons (Fsp3) is 0.412. The maximum atomic E-state index is 10.8. The molecule has 4 aromatic rings. The largest absolute Gasteiger partial charge is 0.495 e. The molecule has 0 spiro atoms. The van der Waals surface area contributed by atoms with Crippen molar-refractivity contribution in [1.29, 1.82) is 0 Å². The lowest BCUT2D eigenvalue weighted by Gasteiger charge is -2.26. The highest BCUT2D eigenvalue weighted by molar-refractivity contribution is 6.06. The SMILES string of the molecule is COc1cc2c(OC)c(-c3c(CO)cc4c(C(C)C)c(OC)c(OC)cc4c3OC)c(CO)cc2c(C(C)C)c1OC. The quantitative estimate of drug-likeness (QED) is 0.198. The molecule has 42 heavy (non-hydrogen) atoms. The van der Waals surface area contributed by atoms with Crippen LogP contribution in [0.5, 0.6) is 34.5 Å². The van der Waals surface area contributed by atoms with Gasteiger partial charge in [0.1, 0.15) is 11.5 Å². The Labute approximate surface area is 247 Å². The second-order valence-electron chi connectivity index (χ2n) is 10.8. The number of hydrogen-bond acceptors (Lipinski definition) is 8. The van der Waals surface area contributed by atoms with E-state index in [0.717, 1.165) is 32.7 Å². The Morgan fingerprint density at radius 1 is 0.476 bits per heavy atom. The van der Waals surface area contributed by atoms with Gasteiger partial charge < -0.3 is 38.6 Å². The van der Waals surface area contributed by atoms with E-state index in [1.807, 2.05) is 24.3 Å². The molecular weight excluding hydrogens is 536 g/mol. The van der Waals surface area contributed by atoms with Crippen LogP contribution in [0.4, 0.5) is 0 Å². The Morgan fingerprint density at radius 2 is 0.810 bits per heavy atom. The first-order chi connectivity index (χ1) is 20.2. The Kier molecular flexibility index (Phi) is 9.28. The van der Waals surface area contributed by atoms with Gasteiger partial charge in [0.2, 0.25) is 0 Å². The summed E-state index contributed by atoms with van der Waals surface area (Å²) in [5.74, 6) is 3.63. The molecule has 4 aromatic carbocycles. The molecule has 0 heterocycles. The van der Waals surface area contributed by atoms with Gasteiger partial charge in [0.05, 0.1) is 55.9 Å². The van der Waals surface area contributed by atoms with E-state index in [9.17, 15) is 10.2 Å². The number of ether oxygens (including phenoxy) is 6. The first-order valence-electron chi connectivity index (χ1n) is 14.0. The van der Waals surface area contributed by atoms with Crippen LogP contribution in [0.3, 0.4) is 0 Å². The Bertz CT molecular complexity index is 1500. The van der Waals surface area contributed by atoms with Crippen LogP contribution in [-0.2, 0) is 13.2 Å². The summed E-state index contributed by atoms with van der Waals surface area (Å²) in [7, 11) is 9.65. The van der Waals surface area contributed by atoms with Crippen LogP contribution in [0.25, 0.3) is 32.7 Å². The first-order valence-corrected chi connectivity index (χ1v) is 14.0. The summed E-state index contributed by atoms with van der Waals surface area (Å²) in [6.07, 6.45) is 0. The summed E-state index contributed by atoms with van der Waals surface area (Å²) in [4.78, 5) is 0. The Hall–Kier alpha value is -3.88. The number of aliphatic hydroxyl groups excluding tert-OH is 2. The van der Waals surface area contributed by atoms with E-state index in [1.165, 1.54) is 0 Å². The standard InChI is InChI=1S/C34H42O8/c1-17(2)27-21-11-19(15-35)29(31(39-7)23(21)13-25(37-5)33(27)41-9)30-20(16-36)12-22-24(32(30)40-8)14-26(38-6)34(42-10)28(22)18(3)4/h11-14,17-18,35-36H,15-16H2,1-10H3. The number of aliphatic hydroxyl groups is 2. The van der Waals surface area contributed by atoms with Crippen molar-refractivity contribution in [2.24, 2.45) is 0 Å². The Morgan fingerprint density at radius 3 is 1.05 bits per heavy atom. The highest BCUT2D eigenvalue weighted by Crippen LogP contribution is 2.53. The van der Waals surface area contributed by atoms with Gasteiger partial charge >= 0.3 is 0 Å². The minimum atomic E-state index is -0.275. The molecular formula is C34H42O8. The summed E-state index contributed by atoms with van der Waals surface area (Å²) in [5, 5.41) is 24.9. The molecule has 8 nitrogen and oxygen atoms in total. The second kappa shape index (κ2) is 12.5. The molecule has 0 radical (unpaired) electrons. The topological polar surface area (TPSA) is 95.8 Å². The lowest BCUT2D eigenvalue weighted by atomic mass is 9.84. The van der Waals surface area contributed by atoms with Crippen molar-refractivity contribution >= 4 is 21.5 Å². The molecule has 226 valence electrons. The van der Waals surface area contributed by atoms with E-state index in [1.54, 1.807) is 42.7 Å². The van der Waals surface area contributed by atoms with Crippen LogP contribution in [0.1, 0.15) is 61.8 Å². The maximum absolute atomic E-state index is 10.8. The summed E-state index contributed by atoms with van der Waals surface area (Å²) < 4.78 is 35.3. The highest BCUT2D eigenvalue weighted by Gasteiger charge is 2.29. The van der Waals surface area contributed by atoms with Gasteiger partial charge in [-0.25, -0.2) is 0 Å². The van der Waals surface area contributed by atoms with Crippen LogP contribution in [0.2, 0.25) is 0 Å². The molecule has 0 saturated heterocycles. The molecule has 0 unspecified atom stereocenters. The number of fused-ring (bicyclic) bond motifs is 2. The molecule has 0 aliphatic heterocycles. The number of methoxy groups -OCH3 is 6. The van der Waals surface area contributed by atoms with Crippen LogP contribution < -0.4 is 28.4 Å². The smallest absolute Gasteiger partial charge is 0.164 e. The van der Waals surface area contributed by atoms with Gasteiger partial charge in [-0.05, 0) is 58.0 Å². The summed E-state index contributed by atoms with van der Waals surface area (Å²) >= 11 is 0. The molecule has 0 atom stereocenters. The normalized spacial score (nSPS) is 11.5. The molecule has 0 aliphatic rings. The lowest BCUT2D eigenvalue weighted by molar-refractivity contribution is 0.279. The monoisotopic (exact) mass is 578 g/mol. The van der Waals surface area contributed by atoms with Gasteiger partial charge in [-0.1, -0.05) is 27.7 Å². The molecule has 0 bridgehead atoms. The van der Waals surface area contributed by atoms with Crippen molar-refractivity contribution in [2.75, 3.05) is 42.7 Å². The zero-order chi connectivity index (χ0) is 30.9. The zero-order valence-electron chi connectivity index (χ0n) is 26.2. The van der Waals surface area contributed by atoms with Crippen LogP contribution >= 0.6 is 0 Å². The minimum Gasteiger partial charge on any atom is -0.495 e. The van der Waals surface area contributed by atoms with Gasteiger partial charge in [0.15, 0.2) is 23.0 Å². The lowest BCUT2D eigenvalue weighted by Crippen LogP contribution is -2.06. The fourth-order valence-corrected chi connectivity index (χ4v) is 6.18. The molecule has 4 rings (SSSR count). The summed E-state index contributed by atoms with van der Waals surface area (Å²) in [6, 6.07) is 7.70. The molecule has 2 N–H and O–H groups in total. The van der Waals surface area contributed by atoms with Gasteiger partial charge in [0.25, 0.3) is 0 Å². The summed E-state index contributed by atoms with van der Waals surface area (Å²) in [6.45, 7) is 7.78. The number of rotatable bonds is 11. The van der Waals surface area contributed by atoms with Crippen molar-refractivity contribution in [3.63, 3.8) is 0 Å². The molecule has 0 amide bonds. The third kappa shape index (κ3) is 4.82. The maximum Gasteiger partial charge on any atom is 0.164 e. The number of hydrogen-bond donors (Lipinski definition) is 2. The van der Waals surface area contributed by atoms with Gasteiger partial charge in [0, 0.05) is 33.0 Å². The van der Waals surface area contributed by atoms with Crippen molar-refractivity contribution in [1.82, 2.24) is 0 Å². The van der Waals surface area contributed by atoms with Gasteiger partial charge in [-0.3, -0.25) is 0 Å². The number of benzene rings is 4. The average molecular weight is 579 g/mol. The van der Waals surface area contributed by atoms with Crippen LogP contribution in [-0.4, -0.2) is 52.9 Å². The molecule has 0 saturated carbocycles. The third-order valence-corrected chi connectivity index (χ3v) is 7.87. The van der Waals surface area contributed by atoms with E-state index >= 15 is 0 Å². The van der Waals surface area contributed by atoms with E-state index < -0.39 is 0 Å². The highest BCUT2D eigenvalue weighted by atomic mass is 16.5. The molecule has 0 fully saturated rings. The zero-order valence-corrected chi connectivity index (χ0v) is 26.2. The Balaban J connectivity index is 2.29. The van der Waals surface area contributed by atoms with Crippen molar-refractivity contribution in [3.05, 3.63) is 46.5 Å². The predicted octanol–water partition coefficient (Wildman–Crippen LogP) is 6.94. The fourth-order valence-electron chi connectivity index (χ4n) is 6.18. The van der Waals surface area contributed by atoms with Crippen LogP contribution in [0, 0.1) is 0 Å². The van der Waals surface area contributed by atoms with Gasteiger partial charge in [-0.15, -0.1) is 0 Å². The van der Waals surface area contributed by atoms with E-state index in [-0.39, 0.29) is 25.0 Å². The second-order valence-corrected chi connectivity index (χ2v) is 10.8. The molecule has 0 aliphatic carbocycles. The third-order valence-electron chi connectivity index (χ3n) is 7.87. The van der Waals surface area contributed by atoms with Gasteiger partial charge in [-0.2, -0.15) is 0 Å².